The van der Waals surface area contributed by atoms with Crippen LogP contribution in [0.25, 0.3) is 0 Å². The standard InChI is InChI=1S/C13H11IO/c14-12-3-1-2-11(9-12)8-10-4-6-13(15)7-5-10/h1-7,9,15H,8H2. The summed E-state index contributed by atoms with van der Waals surface area (Å²) in [5, 5.41) is 9.17. The van der Waals surface area contributed by atoms with Crippen molar-refractivity contribution in [1.82, 2.24) is 0 Å². The topological polar surface area (TPSA) is 20.2 Å². The first-order valence-corrected chi connectivity index (χ1v) is 5.84. The molecule has 0 radical (unpaired) electrons. The van der Waals surface area contributed by atoms with E-state index in [4.69, 9.17) is 5.11 Å². The summed E-state index contributed by atoms with van der Waals surface area (Å²) in [6.45, 7) is 0. The molecule has 0 heterocycles. The number of hydrogen-bond acceptors (Lipinski definition) is 1. The van der Waals surface area contributed by atoms with Gasteiger partial charge in [-0.25, -0.2) is 0 Å². The number of phenols is 1. The summed E-state index contributed by atoms with van der Waals surface area (Å²) >= 11 is 2.31. The van der Waals surface area contributed by atoms with Gasteiger partial charge in [-0.05, 0) is 64.4 Å². The van der Waals surface area contributed by atoms with Gasteiger partial charge in [0, 0.05) is 3.57 Å². The summed E-state index contributed by atoms with van der Waals surface area (Å²) in [6, 6.07) is 15.8. The fraction of sp³-hybridized carbons (Fsp3) is 0.0769. The van der Waals surface area contributed by atoms with Crippen molar-refractivity contribution in [1.29, 1.82) is 0 Å². The van der Waals surface area contributed by atoms with E-state index >= 15 is 0 Å². The monoisotopic (exact) mass is 310 g/mol. The molecule has 0 aliphatic heterocycles. The van der Waals surface area contributed by atoms with E-state index in [0.29, 0.717) is 5.75 Å². The van der Waals surface area contributed by atoms with Crippen LogP contribution in [-0.4, -0.2) is 5.11 Å². The maximum Gasteiger partial charge on any atom is 0.115 e. The molecule has 0 saturated carbocycles. The van der Waals surface area contributed by atoms with Gasteiger partial charge in [0.25, 0.3) is 0 Å². The van der Waals surface area contributed by atoms with Crippen LogP contribution in [0.15, 0.2) is 48.5 Å². The van der Waals surface area contributed by atoms with Gasteiger partial charge in [0.2, 0.25) is 0 Å². The fourth-order valence-electron chi connectivity index (χ4n) is 1.50. The molecule has 1 nitrogen and oxygen atoms in total. The number of halogens is 1. The van der Waals surface area contributed by atoms with Gasteiger partial charge in [0.1, 0.15) is 5.75 Å². The zero-order valence-electron chi connectivity index (χ0n) is 8.15. The smallest absolute Gasteiger partial charge is 0.115 e. The minimum absolute atomic E-state index is 0.321. The van der Waals surface area contributed by atoms with Crippen molar-refractivity contribution in [3.63, 3.8) is 0 Å². The quantitative estimate of drug-likeness (QED) is 0.841. The SMILES string of the molecule is Oc1ccc(Cc2cccc(I)c2)cc1. The average Bonchev–Trinajstić information content (AvgIpc) is 2.22. The summed E-state index contributed by atoms with van der Waals surface area (Å²) in [4.78, 5) is 0. The third-order valence-corrected chi connectivity index (χ3v) is 2.90. The van der Waals surface area contributed by atoms with E-state index in [-0.39, 0.29) is 0 Å². The highest BCUT2D eigenvalue weighted by Crippen LogP contribution is 2.15. The Morgan fingerprint density at radius 3 is 2.33 bits per heavy atom. The Hall–Kier alpha value is -1.03. The molecule has 15 heavy (non-hydrogen) atoms. The molecule has 2 aromatic carbocycles. The van der Waals surface area contributed by atoms with Crippen LogP contribution in [-0.2, 0) is 6.42 Å². The van der Waals surface area contributed by atoms with Gasteiger partial charge in [-0.3, -0.25) is 0 Å². The van der Waals surface area contributed by atoms with Gasteiger partial charge in [-0.1, -0.05) is 24.3 Å². The predicted molar refractivity (Wildman–Crippen MR) is 70.1 cm³/mol. The van der Waals surface area contributed by atoms with Gasteiger partial charge in [-0.2, -0.15) is 0 Å². The molecule has 0 unspecified atom stereocenters. The second kappa shape index (κ2) is 4.66. The molecule has 0 aliphatic rings. The molecule has 2 aromatic rings. The van der Waals surface area contributed by atoms with Crippen molar-refractivity contribution in [2.45, 2.75) is 6.42 Å². The van der Waals surface area contributed by atoms with Crippen molar-refractivity contribution < 1.29 is 5.11 Å². The lowest BCUT2D eigenvalue weighted by Crippen LogP contribution is -1.87. The Morgan fingerprint density at radius 2 is 1.67 bits per heavy atom. The van der Waals surface area contributed by atoms with Crippen molar-refractivity contribution in [3.8, 4) is 5.75 Å². The minimum Gasteiger partial charge on any atom is -0.508 e. The Kier molecular flexibility index (Phi) is 3.26. The third-order valence-electron chi connectivity index (χ3n) is 2.23. The first kappa shape index (κ1) is 10.5. The van der Waals surface area contributed by atoms with Gasteiger partial charge in [-0.15, -0.1) is 0 Å². The van der Waals surface area contributed by atoms with E-state index in [1.165, 1.54) is 14.7 Å². The van der Waals surface area contributed by atoms with Gasteiger partial charge >= 0.3 is 0 Å². The zero-order valence-corrected chi connectivity index (χ0v) is 10.3. The number of phenolic OH excluding ortho intramolecular Hbond substituents is 1. The molecular weight excluding hydrogens is 299 g/mol. The molecular formula is C13H11IO. The number of aromatic hydroxyl groups is 1. The van der Waals surface area contributed by atoms with Crippen molar-refractivity contribution in [2.24, 2.45) is 0 Å². The normalized spacial score (nSPS) is 10.2. The Labute approximate surface area is 103 Å². The number of hydrogen-bond donors (Lipinski definition) is 1. The molecule has 2 rings (SSSR count). The van der Waals surface area contributed by atoms with Crippen LogP contribution in [0, 0.1) is 3.57 Å². The Balaban J connectivity index is 2.18. The van der Waals surface area contributed by atoms with Gasteiger partial charge in [0.15, 0.2) is 0 Å². The molecule has 1 N–H and O–H groups in total. The number of rotatable bonds is 2. The van der Waals surface area contributed by atoms with E-state index in [1.54, 1.807) is 12.1 Å². The number of benzene rings is 2. The maximum absolute atomic E-state index is 9.17. The summed E-state index contributed by atoms with van der Waals surface area (Å²) in [5.74, 6) is 0.321. The fourth-order valence-corrected chi connectivity index (χ4v) is 2.10. The lowest BCUT2D eigenvalue weighted by atomic mass is 10.1. The minimum atomic E-state index is 0.321. The molecule has 0 atom stereocenters. The third kappa shape index (κ3) is 2.96. The zero-order chi connectivity index (χ0) is 10.7. The molecule has 0 bridgehead atoms. The summed E-state index contributed by atoms with van der Waals surface area (Å²) in [6.07, 6.45) is 0.914. The molecule has 0 fully saturated rings. The highest BCUT2D eigenvalue weighted by molar-refractivity contribution is 14.1. The molecule has 0 aromatic heterocycles. The largest absolute Gasteiger partial charge is 0.508 e. The van der Waals surface area contributed by atoms with E-state index in [1.807, 2.05) is 12.1 Å². The first-order chi connectivity index (χ1) is 7.24. The Morgan fingerprint density at radius 1 is 0.933 bits per heavy atom. The Bertz CT molecular complexity index is 448. The van der Waals surface area contributed by atoms with E-state index in [9.17, 15) is 0 Å². The van der Waals surface area contributed by atoms with Crippen LogP contribution in [0.2, 0.25) is 0 Å². The van der Waals surface area contributed by atoms with Gasteiger partial charge < -0.3 is 5.11 Å². The molecule has 76 valence electrons. The second-order valence-electron chi connectivity index (χ2n) is 3.47. The summed E-state index contributed by atoms with van der Waals surface area (Å²) in [5.41, 5.74) is 2.52. The second-order valence-corrected chi connectivity index (χ2v) is 4.72. The van der Waals surface area contributed by atoms with Crippen LogP contribution < -0.4 is 0 Å². The molecule has 0 amide bonds. The summed E-state index contributed by atoms with van der Waals surface area (Å²) in [7, 11) is 0. The van der Waals surface area contributed by atoms with Crippen LogP contribution in [0.4, 0.5) is 0 Å². The van der Waals surface area contributed by atoms with Crippen molar-refractivity contribution >= 4 is 22.6 Å². The highest BCUT2D eigenvalue weighted by Gasteiger charge is 1.97. The predicted octanol–water partition coefficient (Wildman–Crippen LogP) is 3.59. The van der Waals surface area contributed by atoms with E-state index < -0.39 is 0 Å². The molecule has 0 spiro atoms. The summed E-state index contributed by atoms with van der Waals surface area (Å²) < 4.78 is 1.25. The highest BCUT2D eigenvalue weighted by atomic mass is 127. The van der Waals surface area contributed by atoms with Crippen LogP contribution in [0.3, 0.4) is 0 Å². The lowest BCUT2D eigenvalue weighted by Gasteiger charge is -2.02. The molecule has 0 aliphatic carbocycles. The first-order valence-electron chi connectivity index (χ1n) is 4.76. The van der Waals surface area contributed by atoms with E-state index in [2.05, 4.69) is 46.9 Å². The lowest BCUT2D eigenvalue weighted by molar-refractivity contribution is 0.475. The van der Waals surface area contributed by atoms with Crippen LogP contribution >= 0.6 is 22.6 Å². The molecule has 2 heteroatoms. The van der Waals surface area contributed by atoms with Crippen molar-refractivity contribution in [3.05, 3.63) is 63.2 Å². The van der Waals surface area contributed by atoms with Crippen LogP contribution in [0.1, 0.15) is 11.1 Å². The van der Waals surface area contributed by atoms with Gasteiger partial charge in [0.05, 0.1) is 0 Å². The average molecular weight is 310 g/mol. The van der Waals surface area contributed by atoms with E-state index in [0.717, 1.165) is 6.42 Å². The molecule has 0 saturated heterocycles. The van der Waals surface area contributed by atoms with Crippen LogP contribution in [0.5, 0.6) is 5.75 Å². The maximum atomic E-state index is 9.17. The van der Waals surface area contributed by atoms with Crippen molar-refractivity contribution in [2.75, 3.05) is 0 Å².